The van der Waals surface area contributed by atoms with Gasteiger partial charge in [-0.1, -0.05) is 6.92 Å². The van der Waals surface area contributed by atoms with Crippen LogP contribution in [0.2, 0.25) is 0 Å². The fraction of sp³-hybridized carbons (Fsp3) is 0.600. The molecule has 1 N–H and O–H groups in total. The SMILES string of the molecule is COCCNCc1cc(F)c(N2CCSC(C)C2)c(F)c1. The van der Waals surface area contributed by atoms with Gasteiger partial charge in [-0.25, -0.2) is 8.78 Å². The molecule has 1 unspecified atom stereocenters. The van der Waals surface area contributed by atoms with Crippen molar-refractivity contribution >= 4 is 17.4 Å². The van der Waals surface area contributed by atoms with Gasteiger partial charge < -0.3 is 15.0 Å². The molecule has 0 amide bonds. The number of hydrogen-bond donors (Lipinski definition) is 1. The van der Waals surface area contributed by atoms with E-state index in [9.17, 15) is 8.78 Å². The van der Waals surface area contributed by atoms with Gasteiger partial charge in [0.1, 0.15) is 17.3 Å². The lowest BCUT2D eigenvalue weighted by Gasteiger charge is -2.33. The summed E-state index contributed by atoms with van der Waals surface area (Å²) in [7, 11) is 1.62. The normalized spacial score (nSPS) is 19.0. The molecule has 3 nitrogen and oxygen atoms in total. The number of anilines is 1. The van der Waals surface area contributed by atoms with E-state index in [0.29, 0.717) is 43.6 Å². The van der Waals surface area contributed by atoms with E-state index >= 15 is 0 Å². The second-order valence-electron chi connectivity index (χ2n) is 5.21. The van der Waals surface area contributed by atoms with Crippen molar-refractivity contribution in [3.63, 3.8) is 0 Å². The van der Waals surface area contributed by atoms with Crippen LogP contribution in [0.5, 0.6) is 0 Å². The molecule has 0 bridgehead atoms. The third-order valence-corrected chi connectivity index (χ3v) is 4.58. The van der Waals surface area contributed by atoms with Crippen LogP contribution in [0.25, 0.3) is 0 Å². The largest absolute Gasteiger partial charge is 0.383 e. The number of methoxy groups -OCH3 is 1. The summed E-state index contributed by atoms with van der Waals surface area (Å²) in [5.41, 5.74) is 0.729. The van der Waals surface area contributed by atoms with Gasteiger partial charge in [0, 0.05) is 44.3 Å². The highest BCUT2D eigenvalue weighted by Crippen LogP contribution is 2.29. The van der Waals surface area contributed by atoms with E-state index in [2.05, 4.69) is 12.2 Å². The van der Waals surface area contributed by atoms with Crippen LogP contribution in [-0.4, -0.2) is 44.4 Å². The molecular weight excluding hydrogens is 294 g/mol. The molecule has 1 aromatic carbocycles. The zero-order chi connectivity index (χ0) is 15.2. The van der Waals surface area contributed by atoms with Crippen LogP contribution in [0.4, 0.5) is 14.5 Å². The smallest absolute Gasteiger partial charge is 0.149 e. The number of rotatable bonds is 6. The highest BCUT2D eigenvalue weighted by atomic mass is 32.2. The molecule has 1 fully saturated rings. The summed E-state index contributed by atoms with van der Waals surface area (Å²) < 4.78 is 33.4. The highest BCUT2D eigenvalue weighted by molar-refractivity contribution is 8.00. The predicted octanol–water partition coefficient (Wildman–Crippen LogP) is 2.64. The maximum Gasteiger partial charge on any atom is 0.149 e. The molecule has 0 spiro atoms. The number of nitrogens with one attached hydrogen (secondary N) is 1. The lowest BCUT2D eigenvalue weighted by Crippen LogP contribution is -2.37. The van der Waals surface area contributed by atoms with Crippen molar-refractivity contribution in [2.24, 2.45) is 0 Å². The Balaban J connectivity index is 2.06. The Morgan fingerprint density at radius 2 is 2.10 bits per heavy atom. The van der Waals surface area contributed by atoms with Crippen molar-refractivity contribution in [2.45, 2.75) is 18.7 Å². The summed E-state index contributed by atoms with van der Waals surface area (Å²) in [5, 5.41) is 3.48. The summed E-state index contributed by atoms with van der Waals surface area (Å²) in [6.07, 6.45) is 0. The van der Waals surface area contributed by atoms with Gasteiger partial charge in [-0.15, -0.1) is 0 Å². The molecule has 6 heteroatoms. The van der Waals surface area contributed by atoms with Crippen LogP contribution in [0.15, 0.2) is 12.1 Å². The Labute approximate surface area is 129 Å². The number of nitrogens with zero attached hydrogens (tertiary/aromatic N) is 1. The van der Waals surface area contributed by atoms with Crippen LogP contribution in [0.3, 0.4) is 0 Å². The molecule has 1 heterocycles. The third-order valence-electron chi connectivity index (χ3n) is 3.45. The quantitative estimate of drug-likeness (QED) is 0.816. The first-order chi connectivity index (χ1) is 10.1. The van der Waals surface area contributed by atoms with E-state index in [-0.39, 0.29) is 5.69 Å². The van der Waals surface area contributed by atoms with E-state index < -0.39 is 11.6 Å². The van der Waals surface area contributed by atoms with Crippen LogP contribution in [-0.2, 0) is 11.3 Å². The summed E-state index contributed by atoms with van der Waals surface area (Å²) >= 11 is 1.84. The molecule has 1 atom stereocenters. The fourth-order valence-corrected chi connectivity index (χ4v) is 3.46. The van der Waals surface area contributed by atoms with Gasteiger partial charge in [0.2, 0.25) is 0 Å². The zero-order valence-electron chi connectivity index (χ0n) is 12.5. The average Bonchev–Trinajstić information content (AvgIpc) is 2.43. The minimum Gasteiger partial charge on any atom is -0.383 e. The predicted molar refractivity (Wildman–Crippen MR) is 84.1 cm³/mol. The lowest BCUT2D eigenvalue weighted by atomic mass is 10.1. The van der Waals surface area contributed by atoms with Crippen molar-refractivity contribution in [3.8, 4) is 0 Å². The van der Waals surface area contributed by atoms with E-state index in [4.69, 9.17) is 4.74 Å². The molecule has 1 aliphatic heterocycles. The fourth-order valence-electron chi connectivity index (χ4n) is 2.45. The Morgan fingerprint density at radius 3 is 2.71 bits per heavy atom. The molecule has 2 rings (SSSR count). The average molecular weight is 316 g/mol. The van der Waals surface area contributed by atoms with Gasteiger partial charge in [-0.05, 0) is 17.7 Å². The highest BCUT2D eigenvalue weighted by Gasteiger charge is 2.23. The van der Waals surface area contributed by atoms with E-state index in [1.807, 2.05) is 16.7 Å². The Hall–Kier alpha value is -0.850. The number of benzene rings is 1. The maximum absolute atomic E-state index is 14.3. The molecule has 1 aliphatic rings. The molecule has 0 aromatic heterocycles. The first-order valence-corrected chi connectivity index (χ1v) is 8.21. The number of thioether (sulfide) groups is 1. The molecule has 21 heavy (non-hydrogen) atoms. The Morgan fingerprint density at radius 1 is 1.38 bits per heavy atom. The second kappa shape index (κ2) is 7.96. The monoisotopic (exact) mass is 316 g/mol. The van der Waals surface area contributed by atoms with Gasteiger partial charge in [-0.2, -0.15) is 11.8 Å². The minimum absolute atomic E-state index is 0.114. The molecule has 118 valence electrons. The summed E-state index contributed by atoms with van der Waals surface area (Å²) in [4.78, 5) is 1.81. The molecule has 1 aromatic rings. The van der Waals surface area contributed by atoms with Crippen molar-refractivity contribution < 1.29 is 13.5 Å². The van der Waals surface area contributed by atoms with Crippen LogP contribution >= 0.6 is 11.8 Å². The van der Waals surface area contributed by atoms with Gasteiger partial charge in [0.15, 0.2) is 0 Å². The van der Waals surface area contributed by atoms with Crippen LogP contribution in [0.1, 0.15) is 12.5 Å². The number of hydrogen-bond acceptors (Lipinski definition) is 4. The summed E-state index contributed by atoms with van der Waals surface area (Å²) in [5.74, 6) is -0.0457. The molecule has 0 saturated carbocycles. The topological polar surface area (TPSA) is 24.5 Å². The van der Waals surface area contributed by atoms with Crippen molar-refractivity contribution in [1.29, 1.82) is 0 Å². The van der Waals surface area contributed by atoms with Crippen LogP contribution < -0.4 is 10.2 Å². The van der Waals surface area contributed by atoms with E-state index in [0.717, 1.165) is 5.75 Å². The van der Waals surface area contributed by atoms with Gasteiger partial charge >= 0.3 is 0 Å². The van der Waals surface area contributed by atoms with E-state index in [1.165, 1.54) is 12.1 Å². The standard InChI is InChI=1S/C15H22F2N2OS/c1-11-10-19(4-6-21-11)15-13(16)7-12(8-14(15)17)9-18-3-5-20-2/h7-8,11,18H,3-6,9-10H2,1-2H3. The summed E-state index contributed by atoms with van der Waals surface area (Å²) in [6, 6.07) is 2.84. The van der Waals surface area contributed by atoms with Gasteiger partial charge in [-0.3, -0.25) is 0 Å². The number of halogens is 2. The van der Waals surface area contributed by atoms with Gasteiger partial charge in [0.05, 0.1) is 6.61 Å². The third kappa shape index (κ3) is 4.56. The Bertz CT molecular complexity index is 450. The van der Waals surface area contributed by atoms with Crippen LogP contribution in [0, 0.1) is 11.6 Å². The summed E-state index contributed by atoms with van der Waals surface area (Å²) in [6.45, 7) is 5.12. The number of ether oxygens (including phenoxy) is 1. The minimum atomic E-state index is -0.474. The first-order valence-electron chi connectivity index (χ1n) is 7.16. The lowest BCUT2D eigenvalue weighted by molar-refractivity contribution is 0.199. The van der Waals surface area contributed by atoms with Crippen molar-refractivity contribution in [2.75, 3.05) is 44.0 Å². The zero-order valence-corrected chi connectivity index (χ0v) is 13.3. The molecule has 1 saturated heterocycles. The molecule has 0 radical (unpaired) electrons. The molecular formula is C15H22F2N2OS. The molecule has 0 aliphatic carbocycles. The second-order valence-corrected chi connectivity index (χ2v) is 6.75. The van der Waals surface area contributed by atoms with Crippen molar-refractivity contribution in [3.05, 3.63) is 29.3 Å². The van der Waals surface area contributed by atoms with Crippen molar-refractivity contribution in [1.82, 2.24) is 5.32 Å². The van der Waals surface area contributed by atoms with Gasteiger partial charge in [0.25, 0.3) is 0 Å². The first kappa shape index (κ1) is 16.5. The Kier molecular flexibility index (Phi) is 6.26. The maximum atomic E-state index is 14.3. The van der Waals surface area contributed by atoms with E-state index in [1.54, 1.807) is 7.11 Å².